The van der Waals surface area contributed by atoms with Crippen LogP contribution in [0, 0.1) is 5.41 Å². The lowest BCUT2D eigenvalue weighted by molar-refractivity contribution is -0.253. The maximum Gasteiger partial charge on any atom is 0.461 e. The Morgan fingerprint density at radius 2 is 1.96 bits per heavy atom. The minimum atomic E-state index is -4.75. The highest BCUT2D eigenvalue weighted by molar-refractivity contribution is 6.07. The van der Waals surface area contributed by atoms with Crippen molar-refractivity contribution in [2.24, 2.45) is 5.41 Å². The van der Waals surface area contributed by atoms with Gasteiger partial charge in [-0.15, -0.1) is 0 Å². The molecule has 140 valence electrons. The first-order valence-corrected chi connectivity index (χ1v) is 7.72. The Hall–Kier alpha value is -2.65. The fourth-order valence-electron chi connectivity index (χ4n) is 3.16. The Morgan fingerprint density at radius 3 is 2.58 bits per heavy atom. The van der Waals surface area contributed by atoms with E-state index in [0.29, 0.717) is 0 Å². The Labute approximate surface area is 145 Å². The zero-order valence-electron chi connectivity index (χ0n) is 13.3. The number of benzene rings is 1. The number of halogens is 4. The van der Waals surface area contributed by atoms with Crippen molar-refractivity contribution in [2.75, 3.05) is 13.1 Å². The first-order chi connectivity index (χ1) is 12.1. The number of rotatable bonds is 4. The lowest BCUT2D eigenvalue weighted by Crippen LogP contribution is -2.37. The van der Waals surface area contributed by atoms with Gasteiger partial charge in [-0.25, -0.2) is 0 Å². The van der Waals surface area contributed by atoms with Crippen molar-refractivity contribution < 1.29 is 36.7 Å². The summed E-state index contributed by atoms with van der Waals surface area (Å²) in [6.07, 6.45) is -8.63. The molecule has 10 heteroatoms. The molecule has 1 spiro atoms. The van der Waals surface area contributed by atoms with E-state index in [-0.39, 0.29) is 31.5 Å². The van der Waals surface area contributed by atoms with E-state index in [2.05, 4.69) is 10.1 Å². The van der Waals surface area contributed by atoms with Gasteiger partial charge in [0.1, 0.15) is 5.75 Å². The van der Waals surface area contributed by atoms with Crippen LogP contribution in [0.5, 0.6) is 5.75 Å². The summed E-state index contributed by atoms with van der Waals surface area (Å²) in [4.78, 5) is 37.3. The molecule has 26 heavy (non-hydrogen) atoms. The highest BCUT2D eigenvalue weighted by atomic mass is 19.3. The predicted molar refractivity (Wildman–Crippen MR) is 78.7 cm³/mol. The molecule has 2 aliphatic heterocycles. The summed E-state index contributed by atoms with van der Waals surface area (Å²) >= 11 is 0. The molecule has 0 radical (unpaired) electrons. The predicted octanol–water partition coefficient (Wildman–Crippen LogP) is 1.80. The molecule has 2 fully saturated rings. The average molecular weight is 374 g/mol. The number of hydrogen-bond acceptors (Lipinski definition) is 4. The second-order valence-electron chi connectivity index (χ2n) is 6.27. The van der Waals surface area contributed by atoms with Crippen LogP contribution < -0.4 is 10.1 Å². The van der Waals surface area contributed by atoms with Crippen molar-refractivity contribution in [3.63, 3.8) is 0 Å². The van der Waals surface area contributed by atoms with Gasteiger partial charge in [0.05, 0.1) is 11.0 Å². The van der Waals surface area contributed by atoms with Crippen LogP contribution in [0.25, 0.3) is 0 Å². The first-order valence-electron chi connectivity index (χ1n) is 7.72. The third kappa shape index (κ3) is 3.11. The number of ether oxygens (including phenoxy) is 1. The van der Waals surface area contributed by atoms with Crippen molar-refractivity contribution in [2.45, 2.75) is 25.4 Å². The van der Waals surface area contributed by atoms with Gasteiger partial charge >= 0.3 is 12.5 Å². The molecule has 0 bridgehead atoms. The first kappa shape index (κ1) is 18.2. The molecule has 1 N–H and O–H groups in total. The van der Waals surface area contributed by atoms with E-state index < -0.39 is 41.4 Å². The summed E-state index contributed by atoms with van der Waals surface area (Å²) < 4.78 is 55.2. The van der Waals surface area contributed by atoms with Crippen LogP contribution in [0.3, 0.4) is 0 Å². The van der Waals surface area contributed by atoms with E-state index in [1.54, 1.807) is 0 Å². The number of amides is 3. The van der Waals surface area contributed by atoms with Gasteiger partial charge in [0.15, 0.2) is 0 Å². The SMILES string of the molecule is O=C1C[C@]2(CCN(C(=O)c3ccccc3OC(F)(F)C(F)F)C2)C(=O)N1. The number of carbonyl (C=O) groups is 3. The fourth-order valence-corrected chi connectivity index (χ4v) is 3.16. The van der Waals surface area contributed by atoms with Crippen molar-refractivity contribution in [3.8, 4) is 5.75 Å². The fraction of sp³-hybridized carbons (Fsp3) is 0.438. The molecule has 2 aliphatic rings. The standard InChI is InChI=1S/C16H14F4N2O4/c17-13(18)16(19,20)26-10-4-2-1-3-9(10)12(24)22-6-5-15(8-22)7-11(23)21-14(15)25/h1-4,13H,5-8H2,(H,21,23,25)/t15-/m0/s1. The van der Waals surface area contributed by atoms with Gasteiger partial charge in [-0.3, -0.25) is 19.7 Å². The zero-order chi connectivity index (χ0) is 19.1. The number of nitrogens with one attached hydrogen (secondary N) is 1. The summed E-state index contributed by atoms with van der Waals surface area (Å²) in [5.41, 5.74) is -1.36. The molecule has 1 atom stereocenters. The van der Waals surface area contributed by atoms with Gasteiger partial charge in [0.25, 0.3) is 5.91 Å². The Bertz CT molecular complexity index is 770. The Balaban J connectivity index is 1.81. The van der Waals surface area contributed by atoms with Gasteiger partial charge in [-0.1, -0.05) is 12.1 Å². The van der Waals surface area contributed by atoms with Crippen LogP contribution in [0.4, 0.5) is 17.6 Å². The van der Waals surface area contributed by atoms with Crippen LogP contribution in [0.1, 0.15) is 23.2 Å². The number of alkyl halides is 4. The van der Waals surface area contributed by atoms with Crippen molar-refractivity contribution in [1.82, 2.24) is 10.2 Å². The molecular weight excluding hydrogens is 360 g/mol. The van der Waals surface area contributed by atoms with Crippen molar-refractivity contribution >= 4 is 17.7 Å². The maximum absolute atomic E-state index is 13.2. The lowest BCUT2D eigenvalue weighted by atomic mass is 9.85. The molecule has 2 heterocycles. The van der Waals surface area contributed by atoms with Crippen LogP contribution in [-0.4, -0.2) is 48.2 Å². The third-order valence-corrected chi connectivity index (χ3v) is 4.49. The lowest BCUT2D eigenvalue weighted by Gasteiger charge is -2.23. The van der Waals surface area contributed by atoms with Crippen LogP contribution in [0.15, 0.2) is 24.3 Å². The molecule has 0 saturated carbocycles. The topological polar surface area (TPSA) is 75.7 Å². The minimum Gasteiger partial charge on any atom is -0.427 e. The number of likely N-dealkylation sites (tertiary alicyclic amines) is 1. The summed E-state index contributed by atoms with van der Waals surface area (Å²) in [7, 11) is 0. The molecule has 3 rings (SSSR count). The molecular formula is C16H14F4N2O4. The van der Waals surface area contributed by atoms with Crippen molar-refractivity contribution in [3.05, 3.63) is 29.8 Å². The molecule has 0 unspecified atom stereocenters. The van der Waals surface area contributed by atoms with Gasteiger partial charge in [0.2, 0.25) is 11.8 Å². The van der Waals surface area contributed by atoms with Gasteiger partial charge in [-0.05, 0) is 18.6 Å². The summed E-state index contributed by atoms with van der Waals surface area (Å²) in [5, 5.41) is 2.18. The highest BCUT2D eigenvalue weighted by Gasteiger charge is 2.52. The smallest absolute Gasteiger partial charge is 0.427 e. The molecule has 6 nitrogen and oxygen atoms in total. The quantitative estimate of drug-likeness (QED) is 0.644. The zero-order valence-corrected chi connectivity index (χ0v) is 13.3. The highest BCUT2D eigenvalue weighted by Crippen LogP contribution is 2.39. The third-order valence-electron chi connectivity index (χ3n) is 4.49. The number of nitrogens with zero attached hydrogens (tertiary/aromatic N) is 1. The Kier molecular flexibility index (Phi) is 4.37. The minimum absolute atomic E-state index is 0.0583. The normalized spacial score (nSPS) is 23.0. The Morgan fingerprint density at radius 1 is 1.27 bits per heavy atom. The largest absolute Gasteiger partial charge is 0.461 e. The number of imide groups is 1. The van der Waals surface area contributed by atoms with Crippen LogP contribution in [0.2, 0.25) is 0 Å². The molecule has 1 aromatic rings. The molecule has 0 aliphatic carbocycles. The average Bonchev–Trinajstić information content (AvgIpc) is 3.10. The van der Waals surface area contributed by atoms with Gasteiger partial charge < -0.3 is 9.64 Å². The van der Waals surface area contributed by atoms with E-state index in [1.165, 1.54) is 23.1 Å². The number of para-hydroxylation sites is 1. The maximum atomic E-state index is 13.2. The van der Waals surface area contributed by atoms with Gasteiger partial charge in [0, 0.05) is 19.5 Å². The number of carbonyl (C=O) groups excluding carboxylic acids is 3. The summed E-state index contributed by atoms with van der Waals surface area (Å²) in [6.45, 7) is 0.0576. The summed E-state index contributed by atoms with van der Waals surface area (Å²) in [6, 6.07) is 4.80. The van der Waals surface area contributed by atoms with Crippen LogP contribution in [-0.2, 0) is 9.59 Å². The summed E-state index contributed by atoms with van der Waals surface area (Å²) in [5.74, 6) is -2.35. The molecule has 2 saturated heterocycles. The van der Waals surface area contributed by atoms with Gasteiger partial charge in [-0.2, -0.15) is 17.6 Å². The number of hydrogen-bond donors (Lipinski definition) is 1. The second kappa shape index (κ2) is 6.26. The monoisotopic (exact) mass is 374 g/mol. The van der Waals surface area contributed by atoms with E-state index in [1.807, 2.05) is 0 Å². The van der Waals surface area contributed by atoms with Crippen molar-refractivity contribution in [1.29, 1.82) is 0 Å². The van der Waals surface area contributed by atoms with E-state index >= 15 is 0 Å². The van der Waals surface area contributed by atoms with E-state index in [0.717, 1.165) is 6.07 Å². The molecule has 3 amide bonds. The van der Waals surface area contributed by atoms with Crippen LogP contribution >= 0.6 is 0 Å². The second-order valence-corrected chi connectivity index (χ2v) is 6.27. The van der Waals surface area contributed by atoms with E-state index in [4.69, 9.17) is 0 Å². The molecule has 1 aromatic carbocycles. The molecule has 0 aromatic heterocycles. The van der Waals surface area contributed by atoms with E-state index in [9.17, 15) is 31.9 Å².